The maximum absolute atomic E-state index is 13.5. The van der Waals surface area contributed by atoms with E-state index in [0.717, 1.165) is 5.56 Å². The molecule has 0 aromatic heterocycles. The van der Waals surface area contributed by atoms with Crippen molar-refractivity contribution in [3.05, 3.63) is 53.6 Å². The van der Waals surface area contributed by atoms with Crippen LogP contribution in [0.4, 0.5) is 25.8 Å². The van der Waals surface area contributed by atoms with Crippen molar-refractivity contribution < 1.29 is 8.78 Å². The van der Waals surface area contributed by atoms with Crippen LogP contribution < -0.4 is 11.1 Å². The van der Waals surface area contributed by atoms with E-state index in [4.69, 9.17) is 5.73 Å². The Balaban J connectivity index is 2.37. The predicted molar refractivity (Wildman–Crippen MR) is 65.2 cm³/mol. The summed E-state index contributed by atoms with van der Waals surface area (Å²) < 4.78 is 26.5. The topological polar surface area (TPSA) is 38.0 Å². The monoisotopic (exact) mass is 234 g/mol. The molecule has 0 fully saturated rings. The summed E-state index contributed by atoms with van der Waals surface area (Å²) in [6, 6.07) is 8.58. The number of halogens is 2. The molecule has 2 aromatic carbocycles. The lowest BCUT2D eigenvalue weighted by molar-refractivity contribution is 0.627. The third-order valence-electron chi connectivity index (χ3n) is 2.41. The molecule has 88 valence electrons. The fourth-order valence-corrected chi connectivity index (χ4v) is 1.52. The van der Waals surface area contributed by atoms with Crippen LogP contribution in [0.3, 0.4) is 0 Å². The van der Waals surface area contributed by atoms with Gasteiger partial charge in [-0.1, -0.05) is 6.07 Å². The Hall–Kier alpha value is -2.10. The summed E-state index contributed by atoms with van der Waals surface area (Å²) in [4.78, 5) is 0. The number of nitrogen functional groups attached to an aromatic ring is 1. The van der Waals surface area contributed by atoms with E-state index < -0.39 is 11.6 Å². The van der Waals surface area contributed by atoms with Crippen molar-refractivity contribution in [3.63, 3.8) is 0 Å². The second-order valence-electron chi connectivity index (χ2n) is 3.84. The second-order valence-corrected chi connectivity index (χ2v) is 3.84. The largest absolute Gasteiger partial charge is 0.397 e. The molecule has 2 aromatic rings. The molecule has 0 unspecified atom stereocenters. The van der Waals surface area contributed by atoms with Gasteiger partial charge in [-0.15, -0.1) is 0 Å². The van der Waals surface area contributed by atoms with Gasteiger partial charge in [0.05, 0.1) is 17.1 Å². The van der Waals surface area contributed by atoms with Crippen LogP contribution in [0.15, 0.2) is 36.4 Å². The first kappa shape index (κ1) is 11.4. The fraction of sp³-hybridized carbons (Fsp3) is 0.0769. The summed E-state index contributed by atoms with van der Waals surface area (Å²) in [7, 11) is 0. The average molecular weight is 234 g/mol. The third kappa shape index (κ3) is 2.53. The van der Waals surface area contributed by atoms with E-state index in [2.05, 4.69) is 5.32 Å². The Labute approximate surface area is 98.1 Å². The molecule has 0 saturated carbocycles. The molecule has 0 saturated heterocycles. The molecule has 2 rings (SSSR count). The van der Waals surface area contributed by atoms with Gasteiger partial charge in [0.15, 0.2) is 0 Å². The van der Waals surface area contributed by atoms with Crippen molar-refractivity contribution in [2.45, 2.75) is 6.92 Å². The highest BCUT2D eigenvalue weighted by Crippen LogP contribution is 2.26. The van der Waals surface area contributed by atoms with Gasteiger partial charge in [0.2, 0.25) is 0 Å². The molecule has 2 nitrogen and oxygen atoms in total. The predicted octanol–water partition coefficient (Wildman–Crippen LogP) is 3.60. The van der Waals surface area contributed by atoms with E-state index in [0.29, 0.717) is 11.4 Å². The number of benzene rings is 2. The van der Waals surface area contributed by atoms with Gasteiger partial charge < -0.3 is 11.1 Å². The van der Waals surface area contributed by atoms with Crippen LogP contribution >= 0.6 is 0 Å². The van der Waals surface area contributed by atoms with Gasteiger partial charge >= 0.3 is 0 Å². The summed E-state index contributed by atoms with van der Waals surface area (Å²) in [5.74, 6) is -0.825. The molecule has 0 aliphatic carbocycles. The molecule has 0 aliphatic rings. The lowest BCUT2D eigenvalue weighted by Gasteiger charge is -2.10. The standard InChI is InChI=1S/C13H12F2N2/c1-8-2-4-10(15)12(6-8)17-13-7-9(14)3-5-11(13)16/h2-7,17H,16H2,1H3. The summed E-state index contributed by atoms with van der Waals surface area (Å²) in [6.07, 6.45) is 0. The summed E-state index contributed by atoms with van der Waals surface area (Å²) in [6.45, 7) is 1.85. The van der Waals surface area contributed by atoms with Gasteiger partial charge in [0, 0.05) is 0 Å². The number of rotatable bonds is 2. The van der Waals surface area contributed by atoms with Gasteiger partial charge in [-0.3, -0.25) is 0 Å². The molecule has 17 heavy (non-hydrogen) atoms. The molecule has 0 radical (unpaired) electrons. The number of nitrogens with one attached hydrogen (secondary N) is 1. The van der Waals surface area contributed by atoms with E-state index in [1.807, 2.05) is 6.92 Å². The van der Waals surface area contributed by atoms with E-state index in [1.54, 1.807) is 12.1 Å². The molecule has 3 N–H and O–H groups in total. The number of hydrogen-bond donors (Lipinski definition) is 2. The minimum absolute atomic E-state index is 0.280. The van der Waals surface area contributed by atoms with Crippen LogP contribution in [-0.4, -0.2) is 0 Å². The van der Waals surface area contributed by atoms with E-state index in [9.17, 15) is 8.78 Å². The zero-order valence-corrected chi connectivity index (χ0v) is 9.30. The molecule has 0 aliphatic heterocycles. The Morgan fingerprint density at radius 2 is 1.76 bits per heavy atom. The van der Waals surface area contributed by atoms with Crippen LogP contribution in [0.2, 0.25) is 0 Å². The van der Waals surface area contributed by atoms with Crippen molar-refractivity contribution in [1.82, 2.24) is 0 Å². The van der Waals surface area contributed by atoms with Crippen LogP contribution in [0, 0.1) is 18.6 Å². The van der Waals surface area contributed by atoms with Crippen LogP contribution in [0.1, 0.15) is 5.56 Å². The Morgan fingerprint density at radius 3 is 2.53 bits per heavy atom. The minimum Gasteiger partial charge on any atom is -0.397 e. The molecule has 0 bridgehead atoms. The van der Waals surface area contributed by atoms with Gasteiger partial charge in [-0.25, -0.2) is 8.78 Å². The average Bonchev–Trinajstić information content (AvgIpc) is 2.28. The smallest absolute Gasteiger partial charge is 0.146 e. The molecular weight excluding hydrogens is 222 g/mol. The van der Waals surface area contributed by atoms with Crippen LogP contribution in [-0.2, 0) is 0 Å². The zero-order valence-electron chi connectivity index (χ0n) is 9.30. The Morgan fingerprint density at radius 1 is 1.00 bits per heavy atom. The van der Waals surface area contributed by atoms with Crippen molar-refractivity contribution in [2.75, 3.05) is 11.1 Å². The SMILES string of the molecule is Cc1ccc(F)c(Nc2cc(F)ccc2N)c1. The highest BCUT2D eigenvalue weighted by atomic mass is 19.1. The van der Waals surface area contributed by atoms with Crippen molar-refractivity contribution in [2.24, 2.45) is 0 Å². The van der Waals surface area contributed by atoms with E-state index in [1.165, 1.54) is 24.3 Å². The van der Waals surface area contributed by atoms with Crippen molar-refractivity contribution in [1.29, 1.82) is 0 Å². The lowest BCUT2D eigenvalue weighted by Crippen LogP contribution is -1.99. The molecule has 4 heteroatoms. The third-order valence-corrected chi connectivity index (χ3v) is 2.41. The number of hydrogen-bond acceptors (Lipinski definition) is 2. The van der Waals surface area contributed by atoms with Crippen LogP contribution in [0.5, 0.6) is 0 Å². The first-order chi connectivity index (χ1) is 8.06. The summed E-state index contributed by atoms with van der Waals surface area (Å²) in [5.41, 5.74) is 7.58. The minimum atomic E-state index is -0.422. The first-order valence-electron chi connectivity index (χ1n) is 5.14. The maximum Gasteiger partial charge on any atom is 0.146 e. The molecule has 0 atom stereocenters. The van der Waals surface area contributed by atoms with Gasteiger partial charge in [-0.2, -0.15) is 0 Å². The van der Waals surface area contributed by atoms with E-state index in [-0.39, 0.29) is 5.69 Å². The fourth-order valence-electron chi connectivity index (χ4n) is 1.52. The highest BCUT2D eigenvalue weighted by molar-refractivity contribution is 5.72. The quantitative estimate of drug-likeness (QED) is 0.779. The molecule has 0 heterocycles. The van der Waals surface area contributed by atoms with Crippen molar-refractivity contribution in [3.8, 4) is 0 Å². The Bertz CT molecular complexity index is 504. The number of anilines is 3. The molecular formula is C13H12F2N2. The van der Waals surface area contributed by atoms with Gasteiger partial charge in [-0.05, 0) is 42.8 Å². The first-order valence-corrected chi connectivity index (χ1v) is 5.14. The maximum atomic E-state index is 13.5. The zero-order chi connectivity index (χ0) is 12.4. The number of aryl methyl sites for hydroxylation is 1. The normalized spacial score (nSPS) is 10.3. The van der Waals surface area contributed by atoms with Crippen LogP contribution in [0.25, 0.3) is 0 Å². The molecule has 0 amide bonds. The second kappa shape index (κ2) is 4.41. The summed E-state index contributed by atoms with van der Waals surface area (Å²) >= 11 is 0. The lowest BCUT2D eigenvalue weighted by atomic mass is 10.2. The number of nitrogens with two attached hydrogens (primary N) is 1. The van der Waals surface area contributed by atoms with E-state index >= 15 is 0 Å². The molecule has 0 spiro atoms. The van der Waals surface area contributed by atoms with Gasteiger partial charge in [0.1, 0.15) is 11.6 Å². The highest BCUT2D eigenvalue weighted by Gasteiger charge is 2.06. The van der Waals surface area contributed by atoms with Gasteiger partial charge in [0.25, 0.3) is 0 Å². The summed E-state index contributed by atoms with van der Waals surface area (Å²) in [5, 5.41) is 2.78. The Kier molecular flexibility index (Phi) is 2.95. The van der Waals surface area contributed by atoms with Crippen molar-refractivity contribution >= 4 is 17.1 Å².